The topological polar surface area (TPSA) is 54.7 Å². The number of nitrogens with two attached hydrogens (primary N) is 1. The Bertz CT molecular complexity index is 345. The molecule has 0 saturated heterocycles. The number of anilines is 1. The molecule has 2 fully saturated rings. The second kappa shape index (κ2) is 2.08. The molecule has 0 aliphatic heterocycles. The first-order valence-corrected chi connectivity index (χ1v) is 5.05. The maximum absolute atomic E-state index is 5.74. The van der Waals surface area contributed by atoms with E-state index >= 15 is 0 Å². The molecule has 2 aliphatic carbocycles. The first-order chi connectivity index (χ1) is 6.24. The van der Waals surface area contributed by atoms with Gasteiger partial charge in [-0.1, -0.05) is 0 Å². The molecule has 0 unspecified atom stereocenters. The highest BCUT2D eigenvalue weighted by Gasteiger charge is 2.56. The van der Waals surface area contributed by atoms with Crippen molar-refractivity contribution in [3.05, 3.63) is 11.3 Å². The summed E-state index contributed by atoms with van der Waals surface area (Å²) in [5.41, 5.74) is 8.72. The maximum atomic E-state index is 5.74. The first-order valence-electron chi connectivity index (χ1n) is 5.05. The number of rotatable bonds is 2. The normalized spacial score (nSPS) is 24.7. The molecule has 0 radical (unpaired) electrons. The summed E-state index contributed by atoms with van der Waals surface area (Å²) in [4.78, 5) is 0. The van der Waals surface area contributed by atoms with Crippen molar-refractivity contribution in [3.8, 4) is 0 Å². The van der Waals surface area contributed by atoms with Crippen LogP contribution in [0.25, 0.3) is 0 Å². The largest absolute Gasteiger partial charge is 0.382 e. The fraction of sp³-hybridized carbons (Fsp3) is 0.700. The van der Waals surface area contributed by atoms with E-state index in [1.165, 1.54) is 36.9 Å². The van der Waals surface area contributed by atoms with Gasteiger partial charge in [0, 0.05) is 16.7 Å². The minimum absolute atomic E-state index is 0.467. The Hall–Kier alpha value is -0.990. The van der Waals surface area contributed by atoms with Crippen molar-refractivity contribution in [2.75, 3.05) is 5.73 Å². The third-order valence-electron chi connectivity index (χ3n) is 3.69. The summed E-state index contributed by atoms with van der Waals surface area (Å²) >= 11 is 0. The van der Waals surface area contributed by atoms with Crippen LogP contribution in [-0.4, -0.2) is 10.2 Å². The van der Waals surface area contributed by atoms with Crippen molar-refractivity contribution < 1.29 is 0 Å². The lowest BCUT2D eigenvalue weighted by molar-refractivity contribution is 0.573. The van der Waals surface area contributed by atoms with Gasteiger partial charge in [-0.15, -0.1) is 0 Å². The Morgan fingerprint density at radius 2 is 2.15 bits per heavy atom. The molecular formula is C10H15N3. The Kier molecular flexibility index (Phi) is 1.19. The number of nitrogen functional groups attached to an aromatic ring is 1. The summed E-state index contributed by atoms with van der Waals surface area (Å²) in [6.07, 6.45) is 5.47. The van der Waals surface area contributed by atoms with Gasteiger partial charge in [0.15, 0.2) is 0 Å². The van der Waals surface area contributed by atoms with E-state index in [9.17, 15) is 0 Å². The molecule has 2 aliphatic rings. The summed E-state index contributed by atoms with van der Waals surface area (Å²) in [5, 5.41) is 7.21. The van der Waals surface area contributed by atoms with Crippen LogP contribution in [-0.2, 0) is 5.41 Å². The number of H-pyrrole nitrogens is 1. The molecular weight excluding hydrogens is 162 g/mol. The van der Waals surface area contributed by atoms with Crippen LogP contribution in [0, 0.1) is 12.8 Å². The lowest BCUT2D eigenvalue weighted by atomic mass is 9.93. The third-order valence-corrected chi connectivity index (χ3v) is 3.69. The van der Waals surface area contributed by atoms with Gasteiger partial charge in [0.25, 0.3) is 0 Å². The van der Waals surface area contributed by atoms with Crippen LogP contribution in [0.1, 0.15) is 36.9 Å². The summed E-state index contributed by atoms with van der Waals surface area (Å²) in [6, 6.07) is 0. The van der Waals surface area contributed by atoms with Crippen molar-refractivity contribution >= 4 is 5.82 Å². The van der Waals surface area contributed by atoms with Crippen LogP contribution in [0.3, 0.4) is 0 Å². The van der Waals surface area contributed by atoms with Crippen LogP contribution >= 0.6 is 0 Å². The zero-order valence-electron chi connectivity index (χ0n) is 7.93. The van der Waals surface area contributed by atoms with Crippen LogP contribution in [0.5, 0.6) is 0 Å². The van der Waals surface area contributed by atoms with Crippen LogP contribution in [0.15, 0.2) is 0 Å². The average molecular weight is 177 g/mol. The molecule has 70 valence electrons. The van der Waals surface area contributed by atoms with E-state index in [-0.39, 0.29) is 0 Å². The highest BCUT2D eigenvalue weighted by atomic mass is 15.2. The second-order valence-electron chi connectivity index (χ2n) is 4.54. The predicted octanol–water partition coefficient (Wildman–Crippen LogP) is 1.74. The molecule has 0 bridgehead atoms. The van der Waals surface area contributed by atoms with Crippen molar-refractivity contribution in [1.82, 2.24) is 10.2 Å². The second-order valence-corrected chi connectivity index (χ2v) is 4.54. The van der Waals surface area contributed by atoms with E-state index in [1.807, 2.05) is 0 Å². The molecule has 3 heteroatoms. The zero-order valence-corrected chi connectivity index (χ0v) is 7.93. The number of hydrogen-bond acceptors (Lipinski definition) is 2. The van der Waals surface area contributed by atoms with Crippen LogP contribution in [0.4, 0.5) is 5.82 Å². The molecule has 2 saturated carbocycles. The monoisotopic (exact) mass is 177 g/mol. The van der Waals surface area contributed by atoms with Gasteiger partial charge in [0.05, 0.1) is 0 Å². The molecule has 3 N–H and O–H groups in total. The molecule has 1 aromatic heterocycles. The molecule has 1 aromatic rings. The maximum Gasteiger partial charge on any atom is 0.148 e. The minimum atomic E-state index is 0.467. The van der Waals surface area contributed by atoms with Gasteiger partial charge < -0.3 is 5.73 Å². The molecule has 1 heterocycles. The van der Waals surface area contributed by atoms with Gasteiger partial charge in [0.1, 0.15) is 5.82 Å². The number of nitrogens with zero attached hydrogens (tertiary/aromatic N) is 1. The molecule has 3 rings (SSSR count). The van der Waals surface area contributed by atoms with Crippen LogP contribution < -0.4 is 5.73 Å². The van der Waals surface area contributed by atoms with Crippen LogP contribution in [0.2, 0.25) is 0 Å². The third kappa shape index (κ3) is 0.872. The Morgan fingerprint density at radius 1 is 1.46 bits per heavy atom. The number of nitrogens with one attached hydrogen (secondary N) is 1. The van der Waals surface area contributed by atoms with Gasteiger partial charge in [-0.25, -0.2) is 0 Å². The SMILES string of the molecule is Cc1c(N)n[nH]c1C1(C2CC2)CC1. The quantitative estimate of drug-likeness (QED) is 0.723. The van der Waals surface area contributed by atoms with Crippen molar-refractivity contribution in [1.29, 1.82) is 0 Å². The molecule has 3 nitrogen and oxygen atoms in total. The number of aromatic nitrogens is 2. The molecule has 0 atom stereocenters. The minimum Gasteiger partial charge on any atom is -0.382 e. The summed E-state index contributed by atoms with van der Waals surface area (Å²) in [7, 11) is 0. The highest BCUT2D eigenvalue weighted by molar-refractivity contribution is 5.46. The van der Waals surface area contributed by atoms with Crippen molar-refractivity contribution in [2.24, 2.45) is 5.92 Å². The van der Waals surface area contributed by atoms with Gasteiger partial charge in [0.2, 0.25) is 0 Å². The van der Waals surface area contributed by atoms with Gasteiger partial charge in [-0.3, -0.25) is 5.10 Å². The Labute approximate surface area is 77.7 Å². The predicted molar refractivity (Wildman–Crippen MR) is 51.4 cm³/mol. The number of aromatic amines is 1. The van der Waals surface area contributed by atoms with E-state index < -0.39 is 0 Å². The standard InChI is InChI=1S/C10H15N3/c1-6-8(12-13-9(6)11)10(4-5-10)7-2-3-7/h7H,2-5H2,1H3,(H3,11,12,13). The Morgan fingerprint density at radius 3 is 2.54 bits per heavy atom. The smallest absolute Gasteiger partial charge is 0.148 e. The first kappa shape index (κ1) is 7.42. The fourth-order valence-electron chi connectivity index (χ4n) is 2.53. The summed E-state index contributed by atoms with van der Waals surface area (Å²) in [6.45, 7) is 2.08. The van der Waals surface area contributed by atoms with E-state index in [2.05, 4.69) is 17.1 Å². The Balaban J connectivity index is 2.03. The summed E-state index contributed by atoms with van der Waals surface area (Å²) < 4.78 is 0. The van der Waals surface area contributed by atoms with E-state index in [1.54, 1.807) is 0 Å². The van der Waals surface area contributed by atoms with Gasteiger partial charge in [-0.2, -0.15) is 5.10 Å². The summed E-state index contributed by atoms with van der Waals surface area (Å²) in [5.74, 6) is 1.60. The lowest BCUT2D eigenvalue weighted by Crippen LogP contribution is -2.11. The molecule has 0 aromatic carbocycles. The molecule has 0 amide bonds. The zero-order chi connectivity index (χ0) is 9.05. The molecule has 13 heavy (non-hydrogen) atoms. The lowest BCUT2D eigenvalue weighted by Gasteiger charge is -2.12. The van der Waals surface area contributed by atoms with Crippen molar-refractivity contribution in [3.63, 3.8) is 0 Å². The molecule has 0 spiro atoms. The van der Waals surface area contributed by atoms with E-state index in [4.69, 9.17) is 5.73 Å². The van der Waals surface area contributed by atoms with Crippen molar-refractivity contribution in [2.45, 2.75) is 38.0 Å². The number of hydrogen-bond donors (Lipinski definition) is 2. The van der Waals surface area contributed by atoms with Gasteiger partial charge in [-0.05, 0) is 38.5 Å². The average Bonchev–Trinajstić information content (AvgIpc) is 2.99. The van der Waals surface area contributed by atoms with E-state index in [0.29, 0.717) is 11.2 Å². The highest BCUT2D eigenvalue weighted by Crippen LogP contribution is 2.62. The van der Waals surface area contributed by atoms with E-state index in [0.717, 1.165) is 5.92 Å². The fourth-order valence-corrected chi connectivity index (χ4v) is 2.53. The van der Waals surface area contributed by atoms with Gasteiger partial charge >= 0.3 is 0 Å².